The molecule has 1 fully saturated rings. The fraction of sp³-hybridized carbons (Fsp3) is 0.458. The minimum atomic E-state index is -0.433. The molecule has 5 heteroatoms. The Kier molecular flexibility index (Phi) is 5.65. The lowest BCUT2D eigenvalue weighted by atomic mass is 9.73. The van der Waals surface area contributed by atoms with Crippen LogP contribution in [-0.4, -0.2) is 35.2 Å². The van der Waals surface area contributed by atoms with Crippen molar-refractivity contribution in [3.63, 3.8) is 0 Å². The number of amides is 1. The van der Waals surface area contributed by atoms with Gasteiger partial charge in [-0.05, 0) is 63.6 Å². The van der Waals surface area contributed by atoms with Crippen molar-refractivity contribution in [3.8, 4) is 0 Å². The van der Waals surface area contributed by atoms with Crippen molar-refractivity contribution in [3.05, 3.63) is 65.4 Å². The van der Waals surface area contributed by atoms with Crippen LogP contribution in [0.5, 0.6) is 0 Å². The van der Waals surface area contributed by atoms with Gasteiger partial charge in [0.15, 0.2) is 5.82 Å². The van der Waals surface area contributed by atoms with E-state index >= 15 is 0 Å². The van der Waals surface area contributed by atoms with Gasteiger partial charge in [0.25, 0.3) is 0 Å². The Morgan fingerprint density at radius 1 is 1.14 bits per heavy atom. The van der Waals surface area contributed by atoms with Crippen molar-refractivity contribution in [2.24, 2.45) is 5.41 Å². The highest BCUT2D eigenvalue weighted by atomic mass is 16.2. The van der Waals surface area contributed by atoms with Gasteiger partial charge in [0.2, 0.25) is 5.91 Å². The first-order valence-electron chi connectivity index (χ1n) is 10.6. The molecule has 1 unspecified atom stereocenters. The standard InChI is InChI=1S/C24H30N4O/c1-18-13-14-22(27-26-18)28-16-24(17-28,15-20-9-5-3-6-10-20)23(29)25-19(2)21-11-7-4-8-12-21/h3,5-6,9-11,13-14,19H,4,7-8,12,15-17H2,1-2H3,(H,25,29). The summed E-state index contributed by atoms with van der Waals surface area (Å²) in [7, 11) is 0. The van der Waals surface area contributed by atoms with Gasteiger partial charge in [-0.25, -0.2) is 0 Å². The van der Waals surface area contributed by atoms with E-state index in [1.54, 1.807) is 0 Å². The molecule has 1 N–H and O–H groups in total. The number of anilines is 1. The van der Waals surface area contributed by atoms with E-state index in [2.05, 4.69) is 45.5 Å². The van der Waals surface area contributed by atoms with Crippen molar-refractivity contribution in [1.29, 1.82) is 0 Å². The van der Waals surface area contributed by atoms with Crippen LogP contribution in [0.3, 0.4) is 0 Å². The number of benzene rings is 1. The molecule has 0 saturated carbocycles. The van der Waals surface area contributed by atoms with Crippen LogP contribution in [-0.2, 0) is 11.2 Å². The van der Waals surface area contributed by atoms with E-state index in [0.717, 1.165) is 30.8 Å². The average molecular weight is 391 g/mol. The molecule has 2 aromatic rings. The summed E-state index contributed by atoms with van der Waals surface area (Å²) in [6.45, 7) is 5.38. The predicted octanol–water partition coefficient (Wildman–Crippen LogP) is 3.84. The Balaban J connectivity index is 1.50. The Morgan fingerprint density at radius 2 is 1.93 bits per heavy atom. The molecule has 1 atom stereocenters. The first kappa shape index (κ1) is 19.6. The Bertz CT molecular complexity index is 870. The van der Waals surface area contributed by atoms with Crippen molar-refractivity contribution in [1.82, 2.24) is 15.5 Å². The molecule has 1 aromatic heterocycles. The largest absolute Gasteiger partial charge is 0.353 e. The molecule has 1 amide bonds. The van der Waals surface area contributed by atoms with E-state index in [1.807, 2.05) is 37.3 Å². The summed E-state index contributed by atoms with van der Waals surface area (Å²) in [5.74, 6) is 0.992. The number of nitrogens with zero attached hydrogens (tertiary/aromatic N) is 3. The quantitative estimate of drug-likeness (QED) is 0.762. The molecular formula is C24H30N4O. The zero-order chi connectivity index (χ0) is 20.3. The monoisotopic (exact) mass is 390 g/mol. The average Bonchev–Trinajstić information content (AvgIpc) is 2.72. The molecule has 5 nitrogen and oxygen atoms in total. The second kappa shape index (κ2) is 8.36. The lowest BCUT2D eigenvalue weighted by Gasteiger charge is -2.49. The Hall–Kier alpha value is -2.69. The second-order valence-corrected chi connectivity index (χ2v) is 8.55. The fourth-order valence-electron chi connectivity index (χ4n) is 4.43. The third-order valence-corrected chi connectivity index (χ3v) is 6.19. The molecule has 1 saturated heterocycles. The van der Waals surface area contributed by atoms with Crippen molar-refractivity contribution < 1.29 is 4.79 Å². The molecule has 1 aromatic carbocycles. The minimum absolute atomic E-state index is 0.101. The fourth-order valence-corrected chi connectivity index (χ4v) is 4.43. The van der Waals surface area contributed by atoms with Gasteiger partial charge >= 0.3 is 0 Å². The molecule has 0 spiro atoms. The maximum absolute atomic E-state index is 13.4. The summed E-state index contributed by atoms with van der Waals surface area (Å²) in [6, 6.07) is 14.4. The van der Waals surface area contributed by atoms with Gasteiger partial charge in [0.1, 0.15) is 0 Å². The third-order valence-electron chi connectivity index (χ3n) is 6.19. The highest BCUT2D eigenvalue weighted by molar-refractivity contribution is 5.87. The SMILES string of the molecule is Cc1ccc(N2CC(Cc3ccccc3)(C(=O)NC(C)C3=CCCCC3)C2)nn1. The summed E-state index contributed by atoms with van der Waals surface area (Å²) in [4.78, 5) is 15.6. The lowest BCUT2D eigenvalue weighted by Crippen LogP contribution is -2.65. The van der Waals surface area contributed by atoms with Crippen LogP contribution in [0.1, 0.15) is 43.9 Å². The summed E-state index contributed by atoms with van der Waals surface area (Å²) in [6.07, 6.45) is 7.76. The van der Waals surface area contributed by atoms with Gasteiger partial charge in [0.05, 0.1) is 11.1 Å². The Morgan fingerprint density at radius 3 is 2.59 bits per heavy atom. The number of rotatable bonds is 6. The molecule has 1 aliphatic carbocycles. The van der Waals surface area contributed by atoms with Crippen LogP contribution in [0, 0.1) is 12.3 Å². The lowest BCUT2D eigenvalue weighted by molar-refractivity contribution is -0.133. The molecule has 0 radical (unpaired) electrons. The van der Waals surface area contributed by atoms with E-state index in [-0.39, 0.29) is 11.9 Å². The van der Waals surface area contributed by atoms with Crippen molar-refractivity contribution in [2.45, 2.75) is 52.0 Å². The Labute approximate surface area is 173 Å². The first-order valence-corrected chi connectivity index (χ1v) is 10.6. The van der Waals surface area contributed by atoms with Crippen molar-refractivity contribution in [2.75, 3.05) is 18.0 Å². The van der Waals surface area contributed by atoms with Crippen LogP contribution in [0.15, 0.2) is 54.1 Å². The van der Waals surface area contributed by atoms with Gasteiger partial charge in [-0.2, -0.15) is 5.10 Å². The maximum Gasteiger partial charge on any atom is 0.230 e. The van der Waals surface area contributed by atoms with Gasteiger partial charge in [-0.3, -0.25) is 4.79 Å². The highest BCUT2D eigenvalue weighted by Gasteiger charge is 2.50. The highest BCUT2D eigenvalue weighted by Crippen LogP contribution is 2.37. The molecule has 152 valence electrons. The number of nitrogens with one attached hydrogen (secondary N) is 1. The second-order valence-electron chi connectivity index (χ2n) is 8.55. The molecule has 2 heterocycles. The smallest absolute Gasteiger partial charge is 0.230 e. The van der Waals surface area contributed by atoms with E-state index < -0.39 is 5.41 Å². The van der Waals surface area contributed by atoms with Gasteiger partial charge < -0.3 is 10.2 Å². The first-order chi connectivity index (χ1) is 14.1. The summed E-state index contributed by atoms with van der Waals surface area (Å²) in [5, 5.41) is 11.8. The number of allylic oxidation sites excluding steroid dienone is 1. The van der Waals surface area contributed by atoms with Crippen LogP contribution in [0.2, 0.25) is 0 Å². The minimum Gasteiger partial charge on any atom is -0.353 e. The van der Waals surface area contributed by atoms with Crippen molar-refractivity contribution >= 4 is 11.7 Å². The zero-order valence-corrected chi connectivity index (χ0v) is 17.4. The molecule has 2 aliphatic rings. The van der Waals surface area contributed by atoms with Crippen LogP contribution < -0.4 is 10.2 Å². The summed E-state index contributed by atoms with van der Waals surface area (Å²) in [5.41, 5.74) is 3.04. The number of aryl methyl sites for hydroxylation is 1. The van der Waals surface area contributed by atoms with Crippen LogP contribution >= 0.6 is 0 Å². The topological polar surface area (TPSA) is 58.1 Å². The van der Waals surface area contributed by atoms with Gasteiger partial charge in [-0.1, -0.05) is 42.0 Å². The summed E-state index contributed by atoms with van der Waals surface area (Å²) >= 11 is 0. The number of hydrogen-bond donors (Lipinski definition) is 1. The molecule has 1 aliphatic heterocycles. The third kappa shape index (κ3) is 4.34. The molecule has 4 rings (SSSR count). The normalized spacial score (nSPS) is 19.1. The number of carbonyl (C=O) groups excluding carboxylic acids is 1. The zero-order valence-electron chi connectivity index (χ0n) is 17.4. The van der Waals surface area contributed by atoms with Gasteiger partial charge in [0, 0.05) is 19.1 Å². The maximum atomic E-state index is 13.4. The molecule has 29 heavy (non-hydrogen) atoms. The molecular weight excluding hydrogens is 360 g/mol. The van der Waals surface area contributed by atoms with E-state index in [4.69, 9.17) is 0 Å². The number of carbonyl (C=O) groups is 1. The van der Waals surface area contributed by atoms with Crippen LogP contribution in [0.25, 0.3) is 0 Å². The molecule has 0 bridgehead atoms. The number of hydrogen-bond acceptors (Lipinski definition) is 4. The number of aromatic nitrogens is 2. The van der Waals surface area contributed by atoms with E-state index in [1.165, 1.54) is 24.0 Å². The van der Waals surface area contributed by atoms with E-state index in [9.17, 15) is 4.79 Å². The summed E-state index contributed by atoms with van der Waals surface area (Å²) < 4.78 is 0. The van der Waals surface area contributed by atoms with Gasteiger partial charge in [-0.15, -0.1) is 5.10 Å². The van der Waals surface area contributed by atoms with E-state index in [0.29, 0.717) is 13.1 Å². The predicted molar refractivity (Wildman–Crippen MR) is 116 cm³/mol. The van der Waals surface area contributed by atoms with Crippen LogP contribution in [0.4, 0.5) is 5.82 Å².